The molecule has 1 nitrogen and oxygen atoms in total. The molecule has 0 aliphatic heterocycles. The van der Waals surface area contributed by atoms with Gasteiger partial charge in [-0.05, 0) is 103 Å². The molecule has 0 bridgehead atoms. The zero-order valence-corrected chi connectivity index (χ0v) is 32.8. The number of allylic oxidation sites excluding steroid dienone is 8. The number of fused-ring (bicyclic) bond motifs is 1. The number of nitrogens with zero attached hydrogens (tertiary/aromatic N) is 1. The summed E-state index contributed by atoms with van der Waals surface area (Å²) in [7, 11) is 0. The van der Waals surface area contributed by atoms with E-state index in [1.807, 2.05) is 0 Å². The van der Waals surface area contributed by atoms with E-state index in [0.717, 1.165) is 17.1 Å². The van der Waals surface area contributed by atoms with Crippen LogP contribution >= 0.6 is 0 Å². The Balaban J connectivity index is 0.992. The molecule has 0 amide bonds. The SMILES string of the molecule is C1=CC2C=CC(c3ccc(N(c4ccc(-c5ccc(-c6ccc(-c7ccccc7)cc6)cc5)cc4)c4ccc(-c5ccccc5)c(-c5ccccc5)c4)cc3)=CC2C=C1. The Bertz CT molecular complexity index is 2810. The molecular formula is C58H43N. The van der Waals surface area contributed by atoms with Crippen LogP contribution in [0, 0.1) is 11.8 Å². The molecule has 1 heteroatoms. The van der Waals surface area contributed by atoms with E-state index in [2.05, 4.69) is 254 Å². The van der Waals surface area contributed by atoms with Gasteiger partial charge < -0.3 is 4.90 Å². The molecule has 0 saturated heterocycles. The van der Waals surface area contributed by atoms with Crippen molar-refractivity contribution in [1.29, 1.82) is 0 Å². The van der Waals surface area contributed by atoms with Gasteiger partial charge in [-0.1, -0.05) is 212 Å². The van der Waals surface area contributed by atoms with Crippen molar-refractivity contribution in [3.63, 3.8) is 0 Å². The second-order valence-corrected chi connectivity index (χ2v) is 15.3. The first-order valence-corrected chi connectivity index (χ1v) is 20.5. The molecular weight excluding hydrogens is 711 g/mol. The van der Waals surface area contributed by atoms with Crippen molar-refractivity contribution in [2.24, 2.45) is 11.8 Å². The Kier molecular flexibility index (Phi) is 9.84. The van der Waals surface area contributed by atoms with Crippen molar-refractivity contribution in [3.8, 4) is 55.6 Å². The second-order valence-electron chi connectivity index (χ2n) is 15.3. The molecule has 0 spiro atoms. The first kappa shape index (κ1) is 35.9. The third-order valence-electron chi connectivity index (χ3n) is 11.7. The monoisotopic (exact) mass is 753 g/mol. The number of anilines is 3. The lowest BCUT2D eigenvalue weighted by atomic mass is 9.81. The van der Waals surface area contributed by atoms with E-state index in [1.54, 1.807) is 0 Å². The van der Waals surface area contributed by atoms with E-state index in [0.29, 0.717) is 11.8 Å². The largest absolute Gasteiger partial charge is 0.310 e. The summed E-state index contributed by atoms with van der Waals surface area (Å²) < 4.78 is 0. The van der Waals surface area contributed by atoms with Crippen molar-refractivity contribution in [2.45, 2.75) is 0 Å². The van der Waals surface area contributed by atoms with E-state index in [9.17, 15) is 0 Å². The lowest BCUT2D eigenvalue weighted by molar-refractivity contribution is 0.663. The van der Waals surface area contributed by atoms with Crippen LogP contribution in [0.25, 0.3) is 61.2 Å². The van der Waals surface area contributed by atoms with Crippen LogP contribution in [0.2, 0.25) is 0 Å². The van der Waals surface area contributed by atoms with Crippen molar-refractivity contribution in [2.75, 3.05) is 4.90 Å². The summed E-state index contributed by atoms with van der Waals surface area (Å²) in [5.74, 6) is 0.839. The van der Waals surface area contributed by atoms with Gasteiger partial charge in [-0.3, -0.25) is 0 Å². The molecule has 10 rings (SSSR count). The lowest BCUT2D eigenvalue weighted by Crippen LogP contribution is -2.12. The van der Waals surface area contributed by atoms with Crippen LogP contribution in [0.5, 0.6) is 0 Å². The lowest BCUT2D eigenvalue weighted by Gasteiger charge is -2.27. The van der Waals surface area contributed by atoms with Crippen molar-refractivity contribution >= 4 is 22.6 Å². The van der Waals surface area contributed by atoms with E-state index in [4.69, 9.17) is 0 Å². The van der Waals surface area contributed by atoms with Crippen LogP contribution in [-0.2, 0) is 0 Å². The maximum Gasteiger partial charge on any atom is 0.0468 e. The van der Waals surface area contributed by atoms with Crippen LogP contribution in [0.1, 0.15) is 5.56 Å². The Morgan fingerprint density at radius 2 is 0.678 bits per heavy atom. The van der Waals surface area contributed by atoms with Gasteiger partial charge in [-0.2, -0.15) is 0 Å². The molecule has 2 atom stereocenters. The summed E-state index contributed by atoms with van der Waals surface area (Å²) >= 11 is 0. The molecule has 0 heterocycles. The van der Waals surface area contributed by atoms with Gasteiger partial charge in [0, 0.05) is 28.9 Å². The fraction of sp³-hybridized carbons (Fsp3) is 0.0345. The summed E-state index contributed by atoms with van der Waals surface area (Å²) in [6.45, 7) is 0. The third kappa shape index (κ3) is 7.55. The number of hydrogen-bond donors (Lipinski definition) is 0. The third-order valence-corrected chi connectivity index (χ3v) is 11.7. The molecule has 8 aromatic carbocycles. The topological polar surface area (TPSA) is 3.24 Å². The summed E-state index contributed by atoms with van der Waals surface area (Å²) in [6.07, 6.45) is 15.9. The van der Waals surface area contributed by atoms with Crippen molar-refractivity contribution in [3.05, 3.63) is 254 Å². The minimum absolute atomic E-state index is 0.400. The maximum atomic E-state index is 2.40. The average Bonchev–Trinajstić information content (AvgIpc) is 3.33. The molecule has 0 saturated carbocycles. The highest BCUT2D eigenvalue weighted by Gasteiger charge is 2.20. The molecule has 59 heavy (non-hydrogen) atoms. The van der Waals surface area contributed by atoms with Gasteiger partial charge in [-0.15, -0.1) is 0 Å². The molecule has 280 valence electrons. The summed E-state index contributed by atoms with van der Waals surface area (Å²) in [5.41, 5.74) is 17.8. The van der Waals surface area contributed by atoms with Gasteiger partial charge >= 0.3 is 0 Å². The highest BCUT2D eigenvalue weighted by Crippen LogP contribution is 2.42. The zero-order valence-electron chi connectivity index (χ0n) is 32.8. The van der Waals surface area contributed by atoms with Crippen LogP contribution in [0.4, 0.5) is 17.1 Å². The van der Waals surface area contributed by atoms with E-state index >= 15 is 0 Å². The highest BCUT2D eigenvalue weighted by atomic mass is 15.1. The van der Waals surface area contributed by atoms with Gasteiger partial charge in [0.05, 0.1) is 0 Å². The predicted octanol–water partition coefficient (Wildman–Crippen LogP) is 15.8. The Labute approximate surface area is 347 Å². The average molecular weight is 754 g/mol. The minimum atomic E-state index is 0.400. The zero-order chi connectivity index (χ0) is 39.4. The standard InChI is InChI=1S/C58H43N/c1-4-12-42(13-5-1)44-20-22-45(23-21-44)46-24-26-47(27-25-46)48-30-34-54(35-31-48)59(55-36-32-49(33-37-55)53-29-28-43-14-10-11-19-52(43)40-53)56-38-39-57(50-15-6-2-7-16-50)58(41-56)51-17-8-3-9-18-51/h1-41,43,52H. The first-order valence-electron chi connectivity index (χ1n) is 20.5. The molecule has 0 radical (unpaired) electrons. The normalized spacial score (nSPS) is 15.4. The van der Waals surface area contributed by atoms with Crippen LogP contribution < -0.4 is 4.90 Å². The highest BCUT2D eigenvalue weighted by molar-refractivity contribution is 5.89. The molecule has 8 aromatic rings. The first-order chi connectivity index (χ1) is 29.2. The predicted molar refractivity (Wildman–Crippen MR) is 251 cm³/mol. The maximum absolute atomic E-state index is 2.40. The Hall–Kier alpha value is -7.48. The van der Waals surface area contributed by atoms with Gasteiger partial charge in [0.2, 0.25) is 0 Å². The molecule has 0 aromatic heterocycles. The summed E-state index contributed by atoms with van der Waals surface area (Å²) in [6, 6.07) is 74.7. The van der Waals surface area contributed by atoms with Crippen LogP contribution in [0.3, 0.4) is 0 Å². The van der Waals surface area contributed by atoms with Crippen LogP contribution in [0.15, 0.2) is 249 Å². The van der Waals surface area contributed by atoms with Gasteiger partial charge in [0.15, 0.2) is 0 Å². The van der Waals surface area contributed by atoms with Crippen molar-refractivity contribution < 1.29 is 0 Å². The Morgan fingerprint density at radius 1 is 0.288 bits per heavy atom. The van der Waals surface area contributed by atoms with Crippen LogP contribution in [-0.4, -0.2) is 0 Å². The van der Waals surface area contributed by atoms with E-state index in [-0.39, 0.29) is 0 Å². The number of benzene rings is 8. The fourth-order valence-corrected chi connectivity index (χ4v) is 8.46. The van der Waals surface area contributed by atoms with Gasteiger partial charge in [0.25, 0.3) is 0 Å². The molecule has 2 aliphatic rings. The van der Waals surface area contributed by atoms with E-state index in [1.165, 1.54) is 66.8 Å². The smallest absolute Gasteiger partial charge is 0.0468 e. The molecule has 2 aliphatic carbocycles. The fourth-order valence-electron chi connectivity index (χ4n) is 8.46. The second kappa shape index (κ2) is 16.2. The van der Waals surface area contributed by atoms with Gasteiger partial charge in [-0.25, -0.2) is 0 Å². The molecule has 0 N–H and O–H groups in total. The van der Waals surface area contributed by atoms with Crippen molar-refractivity contribution in [1.82, 2.24) is 0 Å². The quantitative estimate of drug-likeness (QED) is 0.142. The summed E-state index contributed by atoms with van der Waals surface area (Å²) in [5, 5.41) is 0. The van der Waals surface area contributed by atoms with Gasteiger partial charge in [0.1, 0.15) is 0 Å². The summed E-state index contributed by atoms with van der Waals surface area (Å²) in [4.78, 5) is 2.38. The molecule has 0 fully saturated rings. The number of hydrogen-bond acceptors (Lipinski definition) is 1. The van der Waals surface area contributed by atoms with E-state index < -0.39 is 0 Å². The Morgan fingerprint density at radius 3 is 1.19 bits per heavy atom. The molecule has 2 unspecified atom stereocenters. The minimum Gasteiger partial charge on any atom is -0.310 e. The number of rotatable bonds is 9.